The number of ether oxygens (including phenoxy) is 1. The summed E-state index contributed by atoms with van der Waals surface area (Å²) in [6.07, 6.45) is 0.835. The van der Waals surface area contributed by atoms with E-state index in [1.54, 1.807) is 11.3 Å². The Hall–Kier alpha value is -2.14. The van der Waals surface area contributed by atoms with E-state index in [9.17, 15) is 0 Å². The summed E-state index contributed by atoms with van der Waals surface area (Å²) in [6.45, 7) is 5.48. The molecule has 22 heavy (non-hydrogen) atoms. The Kier molecular flexibility index (Phi) is 4.53. The average Bonchev–Trinajstić information content (AvgIpc) is 2.92. The Morgan fingerprint density at radius 3 is 2.77 bits per heavy atom. The fourth-order valence-electron chi connectivity index (χ4n) is 2.23. The topological polar surface area (TPSA) is 47.0 Å². The summed E-state index contributed by atoms with van der Waals surface area (Å²) >= 11 is 1.71. The van der Waals surface area contributed by atoms with Crippen molar-refractivity contribution in [1.82, 2.24) is 9.97 Å². The lowest BCUT2D eigenvalue weighted by Crippen LogP contribution is -2.13. The highest BCUT2D eigenvalue weighted by molar-refractivity contribution is 7.18. The molecule has 0 atom stereocenters. The summed E-state index contributed by atoms with van der Waals surface area (Å²) in [4.78, 5) is 11.5. The second-order valence-corrected chi connectivity index (χ2v) is 6.24. The number of fused-ring (bicyclic) bond motifs is 1. The molecule has 0 aliphatic rings. The normalized spacial score (nSPS) is 10.8. The molecule has 0 saturated carbocycles. The molecular weight excluding hydrogens is 294 g/mol. The first-order chi connectivity index (χ1) is 10.8. The molecule has 0 saturated heterocycles. The van der Waals surface area contributed by atoms with Crippen molar-refractivity contribution >= 4 is 27.4 Å². The van der Waals surface area contributed by atoms with Gasteiger partial charge in [-0.1, -0.05) is 25.1 Å². The van der Waals surface area contributed by atoms with Gasteiger partial charge in [-0.3, -0.25) is 0 Å². The molecule has 0 radical (unpaired) electrons. The number of nitrogens with zero attached hydrogens (tertiary/aromatic N) is 2. The van der Waals surface area contributed by atoms with Gasteiger partial charge in [0.05, 0.1) is 11.9 Å². The molecule has 1 aromatic carbocycles. The molecular formula is C17H19N3OS. The predicted octanol–water partition coefficient (Wildman–Crippen LogP) is 4.05. The number of anilines is 1. The first-order valence-corrected chi connectivity index (χ1v) is 8.26. The molecule has 1 N–H and O–H groups in total. The zero-order valence-electron chi connectivity index (χ0n) is 12.8. The molecule has 0 aliphatic heterocycles. The van der Waals surface area contributed by atoms with E-state index in [0.29, 0.717) is 13.2 Å². The van der Waals surface area contributed by atoms with E-state index in [4.69, 9.17) is 4.74 Å². The summed E-state index contributed by atoms with van der Waals surface area (Å²) in [5, 5.41) is 4.47. The van der Waals surface area contributed by atoms with E-state index in [-0.39, 0.29) is 0 Å². The second-order valence-electron chi connectivity index (χ2n) is 5.01. The lowest BCUT2D eigenvalue weighted by atomic mass is 10.3. The summed E-state index contributed by atoms with van der Waals surface area (Å²) < 4.78 is 5.70. The molecule has 0 amide bonds. The minimum Gasteiger partial charge on any atom is -0.492 e. The van der Waals surface area contributed by atoms with Crippen molar-refractivity contribution < 1.29 is 4.74 Å². The molecule has 3 rings (SSSR count). The summed E-state index contributed by atoms with van der Waals surface area (Å²) in [6, 6.07) is 12.0. The van der Waals surface area contributed by atoms with Crippen LogP contribution in [-0.4, -0.2) is 23.1 Å². The van der Waals surface area contributed by atoms with Crippen LogP contribution in [0.4, 0.5) is 5.82 Å². The Morgan fingerprint density at radius 2 is 2.00 bits per heavy atom. The maximum Gasteiger partial charge on any atom is 0.138 e. The van der Waals surface area contributed by atoms with E-state index < -0.39 is 0 Å². The lowest BCUT2D eigenvalue weighted by molar-refractivity contribution is 0.333. The second kappa shape index (κ2) is 6.75. The highest BCUT2D eigenvalue weighted by Crippen LogP contribution is 2.28. The molecule has 5 heteroatoms. The van der Waals surface area contributed by atoms with Gasteiger partial charge in [-0.05, 0) is 25.1 Å². The molecule has 0 unspecified atom stereocenters. The van der Waals surface area contributed by atoms with Crippen LogP contribution in [0.15, 0.2) is 36.4 Å². The Morgan fingerprint density at radius 1 is 1.18 bits per heavy atom. The van der Waals surface area contributed by atoms with Crippen LogP contribution in [0.5, 0.6) is 5.75 Å². The van der Waals surface area contributed by atoms with Crippen LogP contribution in [0, 0.1) is 6.92 Å². The van der Waals surface area contributed by atoms with E-state index >= 15 is 0 Å². The van der Waals surface area contributed by atoms with Crippen molar-refractivity contribution in [3.63, 3.8) is 0 Å². The molecule has 0 spiro atoms. The standard InChI is InChI=1S/C17H19N3OS/c1-3-15-19-16(14-11-12(2)22-17(14)20-15)18-9-10-21-13-7-5-4-6-8-13/h4-8,11H,3,9-10H2,1-2H3,(H,18,19,20). The van der Waals surface area contributed by atoms with Crippen molar-refractivity contribution in [2.24, 2.45) is 0 Å². The maximum absolute atomic E-state index is 5.70. The Balaban J connectivity index is 1.68. The highest BCUT2D eigenvalue weighted by Gasteiger charge is 2.09. The van der Waals surface area contributed by atoms with Crippen LogP contribution in [-0.2, 0) is 6.42 Å². The number of hydrogen-bond donors (Lipinski definition) is 1. The van der Waals surface area contributed by atoms with E-state index in [1.807, 2.05) is 30.3 Å². The predicted molar refractivity (Wildman–Crippen MR) is 92.0 cm³/mol. The Bertz CT molecular complexity index is 755. The van der Waals surface area contributed by atoms with Crippen molar-refractivity contribution in [2.75, 3.05) is 18.5 Å². The van der Waals surface area contributed by atoms with Crippen LogP contribution in [0.3, 0.4) is 0 Å². The average molecular weight is 313 g/mol. The molecule has 0 bridgehead atoms. The van der Waals surface area contributed by atoms with Gasteiger partial charge in [0.1, 0.15) is 28.8 Å². The van der Waals surface area contributed by atoms with Crippen LogP contribution in [0.2, 0.25) is 0 Å². The molecule has 4 nitrogen and oxygen atoms in total. The number of aryl methyl sites for hydroxylation is 2. The van der Waals surface area contributed by atoms with Crippen LogP contribution in [0.25, 0.3) is 10.2 Å². The first kappa shape index (κ1) is 14.8. The summed E-state index contributed by atoms with van der Waals surface area (Å²) in [7, 11) is 0. The van der Waals surface area contributed by atoms with Gasteiger partial charge in [0.15, 0.2) is 0 Å². The third-order valence-corrected chi connectivity index (χ3v) is 4.23. The van der Waals surface area contributed by atoms with E-state index in [0.717, 1.165) is 34.0 Å². The third kappa shape index (κ3) is 3.36. The number of hydrogen-bond acceptors (Lipinski definition) is 5. The van der Waals surface area contributed by atoms with Gasteiger partial charge in [-0.15, -0.1) is 11.3 Å². The van der Waals surface area contributed by atoms with Gasteiger partial charge in [0.25, 0.3) is 0 Å². The smallest absolute Gasteiger partial charge is 0.138 e. The fraction of sp³-hybridized carbons (Fsp3) is 0.294. The van der Waals surface area contributed by atoms with Crippen molar-refractivity contribution in [3.05, 3.63) is 47.1 Å². The largest absolute Gasteiger partial charge is 0.492 e. The number of para-hydroxylation sites is 1. The third-order valence-electron chi connectivity index (χ3n) is 3.28. The first-order valence-electron chi connectivity index (χ1n) is 7.45. The van der Waals surface area contributed by atoms with Crippen molar-refractivity contribution in [3.8, 4) is 5.75 Å². The van der Waals surface area contributed by atoms with Gasteiger partial charge in [-0.2, -0.15) is 0 Å². The van der Waals surface area contributed by atoms with Gasteiger partial charge >= 0.3 is 0 Å². The lowest BCUT2D eigenvalue weighted by Gasteiger charge is -2.09. The minimum atomic E-state index is 0.597. The zero-order valence-corrected chi connectivity index (χ0v) is 13.6. The minimum absolute atomic E-state index is 0.597. The number of thiophene rings is 1. The van der Waals surface area contributed by atoms with E-state index in [2.05, 4.69) is 35.2 Å². The molecule has 0 aliphatic carbocycles. The maximum atomic E-state index is 5.70. The zero-order chi connectivity index (χ0) is 15.4. The summed E-state index contributed by atoms with van der Waals surface area (Å²) in [5.74, 6) is 2.67. The van der Waals surface area contributed by atoms with Gasteiger partial charge in [-0.25, -0.2) is 9.97 Å². The molecule has 0 fully saturated rings. The van der Waals surface area contributed by atoms with Crippen molar-refractivity contribution in [1.29, 1.82) is 0 Å². The van der Waals surface area contributed by atoms with Crippen LogP contribution < -0.4 is 10.1 Å². The quantitative estimate of drug-likeness (QED) is 0.697. The SMILES string of the molecule is CCc1nc(NCCOc2ccccc2)c2cc(C)sc2n1. The molecule has 3 aromatic rings. The van der Waals surface area contributed by atoms with Crippen molar-refractivity contribution in [2.45, 2.75) is 20.3 Å². The van der Waals surface area contributed by atoms with Gasteiger partial charge in [0, 0.05) is 11.3 Å². The fourth-order valence-corrected chi connectivity index (χ4v) is 3.13. The number of nitrogens with one attached hydrogen (secondary N) is 1. The Labute approximate surface area is 134 Å². The highest BCUT2D eigenvalue weighted by atomic mass is 32.1. The van der Waals surface area contributed by atoms with E-state index in [1.165, 1.54) is 4.88 Å². The van der Waals surface area contributed by atoms with Gasteiger partial charge in [0.2, 0.25) is 0 Å². The van der Waals surface area contributed by atoms with Gasteiger partial charge < -0.3 is 10.1 Å². The summed E-state index contributed by atoms with van der Waals surface area (Å²) in [5.41, 5.74) is 0. The monoisotopic (exact) mass is 313 g/mol. The number of aromatic nitrogens is 2. The molecule has 114 valence electrons. The molecule has 2 aromatic heterocycles. The van der Waals surface area contributed by atoms with Crippen LogP contribution >= 0.6 is 11.3 Å². The number of rotatable bonds is 6. The van der Waals surface area contributed by atoms with Crippen LogP contribution in [0.1, 0.15) is 17.6 Å². The number of benzene rings is 1. The molecule has 2 heterocycles.